The molecule has 0 amide bonds. The number of aromatic nitrogens is 2. The van der Waals surface area contributed by atoms with Gasteiger partial charge < -0.3 is 5.32 Å². The van der Waals surface area contributed by atoms with E-state index in [1.165, 1.54) is 4.31 Å². The Kier molecular flexibility index (Phi) is 4.27. The summed E-state index contributed by atoms with van der Waals surface area (Å²) >= 11 is 0. The summed E-state index contributed by atoms with van der Waals surface area (Å²) in [5.74, 6) is 0. The zero-order valence-corrected chi connectivity index (χ0v) is 12.5. The second-order valence-electron chi connectivity index (χ2n) is 5.06. The van der Waals surface area contributed by atoms with Gasteiger partial charge in [0.05, 0.1) is 0 Å². The molecule has 6 nitrogen and oxygen atoms in total. The van der Waals surface area contributed by atoms with E-state index < -0.39 is 10.0 Å². The number of aromatic amines is 1. The highest BCUT2D eigenvalue weighted by Crippen LogP contribution is 2.31. The van der Waals surface area contributed by atoms with Crippen LogP contribution in [0.1, 0.15) is 37.4 Å². The van der Waals surface area contributed by atoms with Crippen molar-refractivity contribution in [2.24, 2.45) is 0 Å². The van der Waals surface area contributed by atoms with Crippen LogP contribution >= 0.6 is 0 Å². The third-order valence-corrected chi connectivity index (χ3v) is 5.33. The van der Waals surface area contributed by atoms with Crippen molar-refractivity contribution in [3.8, 4) is 0 Å². The Labute approximate surface area is 114 Å². The first-order valence-electron chi connectivity index (χ1n) is 6.71. The van der Waals surface area contributed by atoms with Gasteiger partial charge in [-0.1, -0.05) is 6.92 Å². The van der Waals surface area contributed by atoms with Crippen molar-refractivity contribution >= 4 is 10.0 Å². The largest absolute Gasteiger partial charge is 0.313 e. The summed E-state index contributed by atoms with van der Waals surface area (Å²) in [6, 6.07) is 0.151. The maximum atomic E-state index is 12.5. The van der Waals surface area contributed by atoms with E-state index in [2.05, 4.69) is 22.4 Å². The molecule has 1 aliphatic rings. The van der Waals surface area contributed by atoms with Gasteiger partial charge >= 0.3 is 0 Å². The quantitative estimate of drug-likeness (QED) is 0.733. The van der Waals surface area contributed by atoms with Crippen molar-refractivity contribution < 1.29 is 8.42 Å². The van der Waals surface area contributed by atoms with Gasteiger partial charge in [0, 0.05) is 30.9 Å². The Morgan fingerprint density at radius 2 is 2.16 bits per heavy atom. The lowest BCUT2D eigenvalue weighted by Gasteiger charge is -2.15. The van der Waals surface area contributed by atoms with Gasteiger partial charge in [0.15, 0.2) is 5.03 Å². The van der Waals surface area contributed by atoms with E-state index >= 15 is 0 Å². The van der Waals surface area contributed by atoms with E-state index in [0.29, 0.717) is 6.54 Å². The molecule has 0 aromatic carbocycles. The maximum absolute atomic E-state index is 12.5. The molecule has 1 heterocycles. The summed E-state index contributed by atoms with van der Waals surface area (Å²) in [7, 11) is -1.83. The molecule has 0 aliphatic heterocycles. The molecule has 1 saturated carbocycles. The van der Waals surface area contributed by atoms with Gasteiger partial charge in [-0.2, -0.15) is 9.40 Å². The standard InChI is InChI=1S/C12H22N4O2S/c1-4-7-13-8-11-9(2)14-15-12(11)19(17,18)16(3)10-5-6-10/h10,13H,4-8H2,1-3H3,(H,14,15). The van der Waals surface area contributed by atoms with Crippen LogP contribution in [0.5, 0.6) is 0 Å². The highest BCUT2D eigenvalue weighted by Gasteiger charge is 2.37. The first-order valence-corrected chi connectivity index (χ1v) is 8.15. The van der Waals surface area contributed by atoms with Gasteiger partial charge in [0.2, 0.25) is 0 Å². The first kappa shape index (κ1) is 14.5. The molecule has 7 heteroatoms. The number of H-pyrrole nitrogens is 1. The topological polar surface area (TPSA) is 78.1 Å². The average Bonchev–Trinajstić information content (AvgIpc) is 3.14. The van der Waals surface area contributed by atoms with E-state index in [1.54, 1.807) is 7.05 Å². The fourth-order valence-electron chi connectivity index (χ4n) is 2.01. The molecule has 2 rings (SSSR count). The van der Waals surface area contributed by atoms with Crippen LogP contribution in [0.25, 0.3) is 0 Å². The monoisotopic (exact) mass is 286 g/mol. The van der Waals surface area contributed by atoms with Gasteiger partial charge in [-0.3, -0.25) is 5.10 Å². The van der Waals surface area contributed by atoms with Crippen LogP contribution in [0.3, 0.4) is 0 Å². The second kappa shape index (κ2) is 5.60. The summed E-state index contributed by atoms with van der Waals surface area (Å²) in [5, 5.41) is 10.2. The van der Waals surface area contributed by atoms with E-state index in [4.69, 9.17) is 0 Å². The van der Waals surface area contributed by atoms with E-state index in [0.717, 1.165) is 37.1 Å². The molecule has 1 aromatic heterocycles. The Morgan fingerprint density at radius 3 is 2.74 bits per heavy atom. The van der Waals surface area contributed by atoms with Crippen molar-refractivity contribution in [3.63, 3.8) is 0 Å². The highest BCUT2D eigenvalue weighted by molar-refractivity contribution is 7.89. The predicted molar refractivity (Wildman–Crippen MR) is 73.3 cm³/mol. The third kappa shape index (κ3) is 2.98. The zero-order valence-electron chi connectivity index (χ0n) is 11.7. The van der Waals surface area contributed by atoms with Crippen molar-refractivity contribution in [1.82, 2.24) is 19.8 Å². The smallest absolute Gasteiger partial charge is 0.262 e. The molecule has 1 fully saturated rings. The molecule has 0 spiro atoms. The molecule has 108 valence electrons. The summed E-state index contributed by atoms with van der Waals surface area (Å²) in [6.45, 7) is 5.33. The number of nitrogens with zero attached hydrogens (tertiary/aromatic N) is 2. The van der Waals surface area contributed by atoms with Crippen LogP contribution in [0.4, 0.5) is 0 Å². The number of aryl methyl sites for hydroxylation is 1. The van der Waals surface area contributed by atoms with Gasteiger partial charge in [-0.25, -0.2) is 8.42 Å². The van der Waals surface area contributed by atoms with Crippen LogP contribution in [0.2, 0.25) is 0 Å². The van der Waals surface area contributed by atoms with Crippen molar-refractivity contribution in [2.45, 2.75) is 50.7 Å². The molecule has 0 bridgehead atoms. The van der Waals surface area contributed by atoms with Gasteiger partial charge in [-0.05, 0) is 32.7 Å². The van der Waals surface area contributed by atoms with Crippen molar-refractivity contribution in [1.29, 1.82) is 0 Å². The van der Waals surface area contributed by atoms with Gasteiger partial charge in [0.1, 0.15) is 0 Å². The molecule has 1 aromatic rings. The second-order valence-corrected chi connectivity index (χ2v) is 6.97. The normalized spacial score (nSPS) is 16.2. The van der Waals surface area contributed by atoms with E-state index in [1.807, 2.05) is 6.92 Å². The number of hydrogen-bond donors (Lipinski definition) is 2. The van der Waals surface area contributed by atoms with Crippen LogP contribution < -0.4 is 5.32 Å². The number of sulfonamides is 1. The highest BCUT2D eigenvalue weighted by atomic mass is 32.2. The predicted octanol–water partition coefficient (Wildman–Crippen LogP) is 1.00. The van der Waals surface area contributed by atoms with Crippen LogP contribution in [-0.4, -0.2) is 42.6 Å². The number of hydrogen-bond acceptors (Lipinski definition) is 4. The van der Waals surface area contributed by atoms with Crippen molar-refractivity contribution in [3.05, 3.63) is 11.3 Å². The van der Waals surface area contributed by atoms with Crippen LogP contribution in [0.15, 0.2) is 5.03 Å². The molecule has 2 N–H and O–H groups in total. The van der Waals surface area contributed by atoms with Gasteiger partial charge in [-0.15, -0.1) is 0 Å². The summed E-state index contributed by atoms with van der Waals surface area (Å²) in [4.78, 5) is 0. The SMILES string of the molecule is CCCNCc1c(S(=O)(=O)N(C)C2CC2)n[nH]c1C. The molecular weight excluding hydrogens is 264 g/mol. The molecule has 0 atom stereocenters. The summed E-state index contributed by atoms with van der Waals surface area (Å²) in [5.41, 5.74) is 1.56. The van der Waals surface area contributed by atoms with E-state index in [-0.39, 0.29) is 11.1 Å². The number of rotatable bonds is 7. The minimum atomic E-state index is -3.47. The lowest BCUT2D eigenvalue weighted by atomic mass is 10.2. The minimum absolute atomic E-state index is 0.151. The Balaban J connectivity index is 2.23. The maximum Gasteiger partial charge on any atom is 0.262 e. The fraction of sp³-hybridized carbons (Fsp3) is 0.750. The first-order chi connectivity index (χ1) is 8.98. The summed E-state index contributed by atoms with van der Waals surface area (Å²) in [6.07, 6.45) is 2.91. The summed E-state index contributed by atoms with van der Waals surface area (Å²) < 4.78 is 26.4. The third-order valence-electron chi connectivity index (χ3n) is 3.45. The Hall–Kier alpha value is -0.920. The number of nitrogens with one attached hydrogen (secondary N) is 2. The molecular formula is C12H22N4O2S. The zero-order chi connectivity index (χ0) is 14.0. The fourth-order valence-corrected chi connectivity index (χ4v) is 3.59. The van der Waals surface area contributed by atoms with Crippen LogP contribution in [0, 0.1) is 6.92 Å². The van der Waals surface area contributed by atoms with Crippen LogP contribution in [-0.2, 0) is 16.6 Å². The minimum Gasteiger partial charge on any atom is -0.313 e. The lowest BCUT2D eigenvalue weighted by molar-refractivity contribution is 0.460. The van der Waals surface area contributed by atoms with E-state index in [9.17, 15) is 8.42 Å². The molecule has 19 heavy (non-hydrogen) atoms. The van der Waals surface area contributed by atoms with Gasteiger partial charge in [0.25, 0.3) is 10.0 Å². The Bertz CT molecular complexity index is 534. The molecule has 0 saturated heterocycles. The van der Waals surface area contributed by atoms with Crippen molar-refractivity contribution in [2.75, 3.05) is 13.6 Å². The molecule has 0 radical (unpaired) electrons. The molecule has 0 unspecified atom stereocenters. The molecule has 1 aliphatic carbocycles. The lowest BCUT2D eigenvalue weighted by Crippen LogP contribution is -2.30. The average molecular weight is 286 g/mol. The Morgan fingerprint density at radius 1 is 1.47 bits per heavy atom.